The van der Waals surface area contributed by atoms with Gasteiger partial charge in [-0.2, -0.15) is 10.1 Å². The topological polar surface area (TPSA) is 79.2 Å². The Hall–Kier alpha value is -4.49. The number of hydrogen-bond donors (Lipinski definition) is 1. The summed E-state index contributed by atoms with van der Waals surface area (Å²) in [5.74, 6) is -0.538. The highest BCUT2D eigenvalue weighted by molar-refractivity contribution is 9.10. The molecule has 0 bridgehead atoms. The van der Waals surface area contributed by atoms with E-state index < -0.39 is 5.97 Å². The van der Waals surface area contributed by atoms with Crippen molar-refractivity contribution in [2.45, 2.75) is 6.61 Å². The highest BCUT2D eigenvalue weighted by Crippen LogP contribution is 2.31. The summed E-state index contributed by atoms with van der Waals surface area (Å²) in [7, 11) is 0. The van der Waals surface area contributed by atoms with Crippen molar-refractivity contribution in [2.24, 2.45) is 5.10 Å². The molecule has 0 saturated carbocycles. The normalized spacial score (nSPS) is 14.1. The lowest BCUT2D eigenvalue weighted by molar-refractivity contribution is -0.114. The fourth-order valence-corrected chi connectivity index (χ4v) is 4.40. The van der Waals surface area contributed by atoms with Crippen molar-refractivity contribution in [3.63, 3.8) is 0 Å². The summed E-state index contributed by atoms with van der Waals surface area (Å²) >= 11 is 3.57. The molecule has 1 aliphatic rings. The quantitative estimate of drug-likeness (QED) is 0.263. The zero-order valence-electron chi connectivity index (χ0n) is 19.5. The van der Waals surface area contributed by atoms with Gasteiger partial charge in [0, 0.05) is 5.56 Å². The van der Waals surface area contributed by atoms with Gasteiger partial charge in [-0.15, -0.1) is 0 Å². The first-order valence-corrected chi connectivity index (χ1v) is 12.3. The third-order valence-corrected chi connectivity index (χ3v) is 6.41. The van der Waals surface area contributed by atoms with Crippen LogP contribution < -0.4 is 9.75 Å². The number of nitrogens with zero attached hydrogens (tertiary/aromatic N) is 2. The van der Waals surface area contributed by atoms with E-state index in [9.17, 15) is 9.59 Å². The maximum Gasteiger partial charge on any atom is 0.335 e. The van der Waals surface area contributed by atoms with Gasteiger partial charge in [-0.1, -0.05) is 66.7 Å². The average Bonchev–Trinajstić information content (AvgIpc) is 3.25. The maximum atomic E-state index is 13.4. The van der Waals surface area contributed by atoms with Crippen LogP contribution in [-0.4, -0.2) is 22.7 Å². The molecule has 37 heavy (non-hydrogen) atoms. The Balaban J connectivity index is 1.40. The number of halogens is 1. The Morgan fingerprint density at radius 3 is 2.24 bits per heavy atom. The van der Waals surface area contributed by atoms with Crippen LogP contribution in [-0.2, 0) is 11.4 Å². The second-order valence-electron chi connectivity index (χ2n) is 8.31. The first-order valence-electron chi connectivity index (χ1n) is 11.5. The summed E-state index contributed by atoms with van der Waals surface area (Å²) in [5.41, 5.74) is 4.55. The minimum atomic E-state index is -0.965. The Labute approximate surface area is 222 Å². The number of rotatable bonds is 7. The fraction of sp³-hybridized carbons (Fsp3) is 0.0333. The predicted octanol–water partition coefficient (Wildman–Crippen LogP) is 6.56. The zero-order chi connectivity index (χ0) is 25.8. The molecule has 4 aromatic carbocycles. The average molecular weight is 553 g/mol. The third-order valence-electron chi connectivity index (χ3n) is 5.79. The van der Waals surface area contributed by atoms with E-state index in [1.165, 1.54) is 5.01 Å². The summed E-state index contributed by atoms with van der Waals surface area (Å²) in [6, 6.07) is 31.1. The molecule has 0 aromatic heterocycles. The van der Waals surface area contributed by atoms with E-state index in [4.69, 9.17) is 9.84 Å². The van der Waals surface area contributed by atoms with Gasteiger partial charge in [-0.3, -0.25) is 4.79 Å². The molecular weight excluding hydrogens is 532 g/mol. The molecule has 6 nitrogen and oxygen atoms in total. The SMILES string of the molecule is O=C(O)c1ccc(COc2ccc(/C=C3\C(=O)N(c4ccccc4)N=C3c3ccccc3)cc2Br)cc1. The molecule has 5 rings (SSSR count). The third kappa shape index (κ3) is 5.37. The number of amides is 1. The number of carboxylic acid groups (broad SMARTS) is 1. The standard InChI is InChI=1S/C30H21BrN2O4/c31-26-18-21(13-16-27(26)37-19-20-11-14-23(15-12-20)30(35)36)17-25-28(22-7-3-1-4-8-22)32-33(29(25)34)24-9-5-2-6-10-24/h1-18H,19H2,(H,35,36)/b25-17-. The molecule has 0 fully saturated rings. The summed E-state index contributed by atoms with van der Waals surface area (Å²) in [6.07, 6.45) is 1.83. The molecule has 0 saturated heterocycles. The molecule has 1 aliphatic heterocycles. The van der Waals surface area contributed by atoms with Crippen LogP contribution in [0.2, 0.25) is 0 Å². The summed E-state index contributed by atoms with van der Waals surface area (Å²) in [5, 5.41) is 15.1. The van der Waals surface area contributed by atoms with Crippen molar-refractivity contribution in [1.29, 1.82) is 0 Å². The minimum absolute atomic E-state index is 0.202. The molecule has 1 heterocycles. The van der Waals surface area contributed by atoms with E-state index in [1.807, 2.05) is 84.9 Å². The lowest BCUT2D eigenvalue weighted by Gasteiger charge is -2.11. The number of carbonyl (C=O) groups excluding carboxylic acids is 1. The van der Waals surface area contributed by atoms with Gasteiger partial charge in [0.1, 0.15) is 18.1 Å². The van der Waals surface area contributed by atoms with Crippen molar-refractivity contribution in [2.75, 3.05) is 5.01 Å². The van der Waals surface area contributed by atoms with Crippen molar-refractivity contribution >= 4 is 45.3 Å². The smallest absolute Gasteiger partial charge is 0.335 e. The molecule has 7 heteroatoms. The highest BCUT2D eigenvalue weighted by Gasteiger charge is 2.31. The van der Waals surface area contributed by atoms with Crippen LogP contribution in [0.5, 0.6) is 5.75 Å². The highest BCUT2D eigenvalue weighted by atomic mass is 79.9. The van der Waals surface area contributed by atoms with Crippen LogP contribution in [0, 0.1) is 0 Å². The van der Waals surface area contributed by atoms with E-state index in [1.54, 1.807) is 24.3 Å². The first kappa shape index (κ1) is 24.2. The monoisotopic (exact) mass is 552 g/mol. The molecule has 0 aliphatic carbocycles. The number of benzene rings is 4. The second kappa shape index (κ2) is 10.6. The van der Waals surface area contributed by atoms with Gasteiger partial charge in [0.05, 0.1) is 21.3 Å². The lowest BCUT2D eigenvalue weighted by atomic mass is 10.0. The number of hydrogen-bond acceptors (Lipinski definition) is 4. The van der Waals surface area contributed by atoms with Crippen molar-refractivity contribution in [3.8, 4) is 5.75 Å². The Morgan fingerprint density at radius 2 is 1.59 bits per heavy atom. The molecule has 182 valence electrons. The maximum absolute atomic E-state index is 13.4. The van der Waals surface area contributed by atoms with Gasteiger partial charge in [-0.05, 0) is 69.5 Å². The fourth-order valence-electron chi connectivity index (χ4n) is 3.89. The number of anilines is 1. The van der Waals surface area contributed by atoms with Crippen molar-refractivity contribution < 1.29 is 19.4 Å². The Kier molecular flexibility index (Phi) is 6.96. The largest absolute Gasteiger partial charge is 0.488 e. The molecular formula is C30H21BrN2O4. The van der Waals surface area contributed by atoms with Crippen molar-refractivity contribution in [1.82, 2.24) is 0 Å². The molecule has 0 unspecified atom stereocenters. The van der Waals surface area contributed by atoms with E-state index in [0.29, 0.717) is 22.7 Å². The van der Waals surface area contributed by atoms with E-state index in [-0.39, 0.29) is 18.1 Å². The zero-order valence-corrected chi connectivity index (χ0v) is 21.1. The van der Waals surface area contributed by atoms with Gasteiger partial charge in [0.15, 0.2) is 0 Å². The van der Waals surface area contributed by atoms with Crippen LogP contribution in [0.15, 0.2) is 118 Å². The van der Waals surface area contributed by atoms with Gasteiger partial charge < -0.3 is 9.84 Å². The molecule has 4 aromatic rings. The van der Waals surface area contributed by atoms with Crippen LogP contribution in [0.25, 0.3) is 6.08 Å². The second-order valence-corrected chi connectivity index (χ2v) is 9.16. The van der Waals surface area contributed by atoms with Gasteiger partial charge in [0.2, 0.25) is 0 Å². The van der Waals surface area contributed by atoms with E-state index in [0.717, 1.165) is 21.2 Å². The Bertz CT molecular complexity index is 1510. The number of carbonyl (C=O) groups is 2. The van der Waals surface area contributed by atoms with Crippen LogP contribution >= 0.6 is 15.9 Å². The summed E-state index contributed by atoms with van der Waals surface area (Å²) < 4.78 is 6.65. The number of para-hydroxylation sites is 1. The van der Waals surface area contributed by atoms with Crippen LogP contribution in [0.3, 0.4) is 0 Å². The molecule has 0 atom stereocenters. The van der Waals surface area contributed by atoms with Gasteiger partial charge >= 0.3 is 5.97 Å². The van der Waals surface area contributed by atoms with E-state index in [2.05, 4.69) is 21.0 Å². The minimum Gasteiger partial charge on any atom is -0.488 e. The molecule has 0 spiro atoms. The van der Waals surface area contributed by atoms with E-state index >= 15 is 0 Å². The molecule has 0 radical (unpaired) electrons. The predicted molar refractivity (Wildman–Crippen MR) is 147 cm³/mol. The first-order chi connectivity index (χ1) is 18.0. The summed E-state index contributed by atoms with van der Waals surface area (Å²) in [6.45, 7) is 0.286. The number of ether oxygens (including phenoxy) is 1. The number of hydrazone groups is 1. The van der Waals surface area contributed by atoms with Gasteiger partial charge in [-0.25, -0.2) is 4.79 Å². The Morgan fingerprint density at radius 1 is 0.919 bits per heavy atom. The van der Waals surface area contributed by atoms with Crippen LogP contribution in [0.4, 0.5) is 5.69 Å². The van der Waals surface area contributed by atoms with Gasteiger partial charge in [0.25, 0.3) is 5.91 Å². The molecule has 1 amide bonds. The number of aromatic carboxylic acids is 1. The van der Waals surface area contributed by atoms with Crippen LogP contribution in [0.1, 0.15) is 27.0 Å². The lowest BCUT2D eigenvalue weighted by Crippen LogP contribution is -2.21. The summed E-state index contributed by atoms with van der Waals surface area (Å²) in [4.78, 5) is 24.5. The number of carboxylic acids is 1. The van der Waals surface area contributed by atoms with Crippen molar-refractivity contribution in [3.05, 3.63) is 135 Å². The molecule has 1 N–H and O–H groups in total.